The van der Waals surface area contributed by atoms with Gasteiger partial charge < -0.3 is 4.90 Å². The fraction of sp³-hybridized carbons (Fsp3) is 0.148. The van der Waals surface area contributed by atoms with E-state index in [0.717, 1.165) is 22.6 Å². The van der Waals surface area contributed by atoms with E-state index in [0.29, 0.717) is 19.5 Å². The molecular weight excluding hydrogens is 430 g/mol. The number of hydrogen-bond acceptors (Lipinski definition) is 4. The number of benzene rings is 3. The normalized spacial score (nSPS) is 15.8. The Kier molecular flexibility index (Phi) is 5.94. The standard InChI is InChI=1S/C27H25N3O2S/c31-33(32,24-14-8-3-9-15-24)29-23-18-26-27(30(20-23)19-21-10-4-1-5-11-21)17-16-25(28-26)22-12-6-2-7-13-22/h1-17,23,29H,18-20H2. The Bertz CT molecular complexity index is 1330. The third-order valence-corrected chi connectivity index (χ3v) is 7.37. The van der Waals surface area contributed by atoms with Crippen molar-refractivity contribution < 1.29 is 8.42 Å². The Morgan fingerprint density at radius 3 is 2.15 bits per heavy atom. The van der Waals surface area contributed by atoms with Crippen LogP contribution in [0.15, 0.2) is 108 Å². The van der Waals surface area contributed by atoms with Crippen LogP contribution < -0.4 is 9.62 Å². The van der Waals surface area contributed by atoms with Gasteiger partial charge in [-0.1, -0.05) is 78.9 Å². The van der Waals surface area contributed by atoms with Gasteiger partial charge in [0.25, 0.3) is 0 Å². The molecule has 0 bridgehead atoms. The van der Waals surface area contributed by atoms with Gasteiger partial charge in [0.1, 0.15) is 0 Å². The summed E-state index contributed by atoms with van der Waals surface area (Å²) in [6.45, 7) is 1.25. The Balaban J connectivity index is 1.48. The minimum atomic E-state index is -3.63. The molecule has 0 fully saturated rings. The van der Waals surface area contributed by atoms with Gasteiger partial charge in [-0.15, -0.1) is 0 Å². The molecule has 5 nitrogen and oxygen atoms in total. The smallest absolute Gasteiger partial charge is 0.240 e. The third-order valence-electron chi connectivity index (χ3n) is 5.83. The van der Waals surface area contributed by atoms with Gasteiger partial charge in [0, 0.05) is 31.1 Å². The number of nitrogens with zero attached hydrogens (tertiary/aromatic N) is 2. The summed E-state index contributed by atoms with van der Waals surface area (Å²) >= 11 is 0. The maximum atomic E-state index is 13.0. The van der Waals surface area contributed by atoms with Crippen LogP contribution in [0.3, 0.4) is 0 Å². The number of pyridine rings is 1. The SMILES string of the molecule is O=S(=O)(NC1Cc2nc(-c3ccccc3)ccc2N(Cc2ccccc2)C1)c1ccccc1. The van der Waals surface area contributed by atoms with E-state index in [-0.39, 0.29) is 10.9 Å². The molecule has 166 valence electrons. The summed E-state index contributed by atoms with van der Waals surface area (Å²) in [5, 5.41) is 0. The lowest BCUT2D eigenvalue weighted by molar-refractivity contribution is 0.520. The average Bonchev–Trinajstić information content (AvgIpc) is 2.85. The van der Waals surface area contributed by atoms with E-state index < -0.39 is 10.0 Å². The predicted molar refractivity (Wildman–Crippen MR) is 131 cm³/mol. The first kappa shape index (κ1) is 21.4. The highest BCUT2D eigenvalue weighted by Crippen LogP contribution is 2.30. The average molecular weight is 456 g/mol. The van der Waals surface area contributed by atoms with Crippen molar-refractivity contribution in [3.05, 3.63) is 114 Å². The molecule has 0 saturated carbocycles. The van der Waals surface area contributed by atoms with Crippen molar-refractivity contribution in [2.45, 2.75) is 23.9 Å². The molecule has 6 heteroatoms. The number of fused-ring (bicyclic) bond motifs is 1. The molecule has 0 amide bonds. The van der Waals surface area contributed by atoms with Crippen LogP contribution in [-0.4, -0.2) is 26.0 Å². The predicted octanol–water partition coefficient (Wildman–Crippen LogP) is 4.66. The Hall–Kier alpha value is -3.48. The molecule has 0 radical (unpaired) electrons. The zero-order valence-electron chi connectivity index (χ0n) is 18.1. The number of nitrogens with one attached hydrogen (secondary N) is 1. The van der Waals surface area contributed by atoms with Gasteiger partial charge in [0.05, 0.1) is 22.0 Å². The van der Waals surface area contributed by atoms with Crippen LogP contribution in [-0.2, 0) is 23.0 Å². The van der Waals surface area contributed by atoms with Gasteiger partial charge in [-0.2, -0.15) is 0 Å². The van der Waals surface area contributed by atoms with E-state index in [2.05, 4.69) is 27.8 Å². The maximum absolute atomic E-state index is 13.0. The molecule has 3 aromatic carbocycles. The minimum absolute atomic E-state index is 0.274. The van der Waals surface area contributed by atoms with Crippen LogP contribution in [0, 0.1) is 0 Å². The van der Waals surface area contributed by atoms with Gasteiger partial charge in [-0.05, 0) is 29.8 Å². The number of anilines is 1. The summed E-state index contributed by atoms with van der Waals surface area (Å²) in [7, 11) is -3.63. The van der Waals surface area contributed by atoms with E-state index >= 15 is 0 Å². The molecule has 5 rings (SSSR count). The van der Waals surface area contributed by atoms with Crippen LogP contribution in [0.1, 0.15) is 11.3 Å². The highest BCUT2D eigenvalue weighted by molar-refractivity contribution is 7.89. The lowest BCUT2D eigenvalue weighted by atomic mass is 10.0. The molecule has 1 aliphatic heterocycles. The Labute approximate surface area is 194 Å². The summed E-state index contributed by atoms with van der Waals surface area (Å²) in [5.74, 6) is 0. The van der Waals surface area contributed by atoms with Crippen molar-refractivity contribution in [1.29, 1.82) is 0 Å². The largest absolute Gasteiger partial charge is 0.364 e. The van der Waals surface area contributed by atoms with Crippen molar-refractivity contribution in [2.75, 3.05) is 11.4 Å². The zero-order valence-corrected chi connectivity index (χ0v) is 18.9. The molecule has 1 unspecified atom stereocenters. The maximum Gasteiger partial charge on any atom is 0.240 e. The molecule has 2 heterocycles. The van der Waals surface area contributed by atoms with Crippen molar-refractivity contribution in [2.24, 2.45) is 0 Å². The zero-order chi connectivity index (χ0) is 22.7. The number of aromatic nitrogens is 1. The topological polar surface area (TPSA) is 62.3 Å². The molecule has 1 N–H and O–H groups in total. The van der Waals surface area contributed by atoms with E-state index in [1.54, 1.807) is 24.3 Å². The van der Waals surface area contributed by atoms with Crippen LogP contribution in [0.5, 0.6) is 0 Å². The number of sulfonamides is 1. The second-order valence-electron chi connectivity index (χ2n) is 8.23. The van der Waals surface area contributed by atoms with E-state index in [1.807, 2.05) is 60.7 Å². The van der Waals surface area contributed by atoms with Crippen LogP contribution in [0.25, 0.3) is 11.3 Å². The van der Waals surface area contributed by atoms with Crippen molar-refractivity contribution in [3.8, 4) is 11.3 Å². The summed E-state index contributed by atoms with van der Waals surface area (Å²) in [5.41, 5.74) is 5.05. The first-order valence-corrected chi connectivity index (χ1v) is 12.5. The second kappa shape index (κ2) is 9.17. The molecular formula is C27H25N3O2S. The highest BCUT2D eigenvalue weighted by atomic mass is 32.2. The fourth-order valence-electron chi connectivity index (χ4n) is 4.28. The quantitative estimate of drug-likeness (QED) is 0.459. The van der Waals surface area contributed by atoms with Crippen LogP contribution in [0.4, 0.5) is 5.69 Å². The molecule has 1 aliphatic rings. The molecule has 4 aromatic rings. The second-order valence-corrected chi connectivity index (χ2v) is 9.94. The first-order chi connectivity index (χ1) is 16.1. The highest BCUT2D eigenvalue weighted by Gasteiger charge is 2.29. The summed E-state index contributed by atoms with van der Waals surface area (Å²) in [4.78, 5) is 7.44. The van der Waals surface area contributed by atoms with Gasteiger partial charge in [0.2, 0.25) is 10.0 Å². The summed E-state index contributed by atoms with van der Waals surface area (Å²) < 4.78 is 28.9. The lowest BCUT2D eigenvalue weighted by Crippen LogP contribution is -2.48. The Morgan fingerprint density at radius 1 is 0.818 bits per heavy atom. The van der Waals surface area contributed by atoms with E-state index in [1.165, 1.54) is 5.56 Å². The molecule has 33 heavy (non-hydrogen) atoms. The monoisotopic (exact) mass is 455 g/mol. The van der Waals surface area contributed by atoms with Crippen molar-refractivity contribution in [3.63, 3.8) is 0 Å². The molecule has 0 aliphatic carbocycles. The number of rotatable bonds is 6. The van der Waals surface area contributed by atoms with Gasteiger partial charge in [-0.3, -0.25) is 4.98 Å². The summed E-state index contributed by atoms with van der Waals surface area (Å²) in [6.07, 6.45) is 0.535. The van der Waals surface area contributed by atoms with Gasteiger partial charge in [0.15, 0.2) is 0 Å². The van der Waals surface area contributed by atoms with E-state index in [9.17, 15) is 8.42 Å². The molecule has 1 aromatic heterocycles. The minimum Gasteiger partial charge on any atom is -0.364 e. The first-order valence-electron chi connectivity index (χ1n) is 11.0. The molecule has 0 spiro atoms. The number of hydrogen-bond donors (Lipinski definition) is 1. The lowest BCUT2D eigenvalue weighted by Gasteiger charge is -2.36. The van der Waals surface area contributed by atoms with Gasteiger partial charge in [-0.25, -0.2) is 13.1 Å². The Morgan fingerprint density at radius 2 is 1.45 bits per heavy atom. The molecule has 0 saturated heterocycles. The summed E-state index contributed by atoms with van der Waals surface area (Å²) in [6, 6.07) is 32.6. The molecule has 1 atom stereocenters. The fourth-order valence-corrected chi connectivity index (χ4v) is 5.53. The van der Waals surface area contributed by atoms with Gasteiger partial charge >= 0.3 is 0 Å². The van der Waals surface area contributed by atoms with Crippen LogP contribution in [0.2, 0.25) is 0 Å². The van der Waals surface area contributed by atoms with Crippen LogP contribution >= 0.6 is 0 Å². The van der Waals surface area contributed by atoms with E-state index in [4.69, 9.17) is 4.98 Å². The van der Waals surface area contributed by atoms with Crippen molar-refractivity contribution >= 4 is 15.7 Å². The van der Waals surface area contributed by atoms with Crippen molar-refractivity contribution in [1.82, 2.24) is 9.71 Å². The third kappa shape index (κ3) is 4.82.